The van der Waals surface area contributed by atoms with Crippen molar-refractivity contribution in [1.29, 1.82) is 0 Å². The van der Waals surface area contributed by atoms with Crippen LogP contribution in [0.15, 0.2) is 30.5 Å². The maximum atomic E-state index is 13.1. The lowest BCUT2D eigenvalue weighted by Crippen LogP contribution is -2.58. The van der Waals surface area contributed by atoms with E-state index in [9.17, 15) is 29.1 Å². The molecule has 202 valence electrons. The summed E-state index contributed by atoms with van der Waals surface area (Å²) in [4.78, 5) is 64.6. The second-order valence-corrected chi connectivity index (χ2v) is 9.41. The monoisotopic (exact) mass is 534 g/mol. The Hall–Kier alpha value is -3.58. The molecule has 12 nitrogen and oxygen atoms in total. The Labute approximate surface area is 219 Å². The van der Waals surface area contributed by atoms with Crippen molar-refractivity contribution in [1.82, 2.24) is 20.9 Å². The van der Waals surface area contributed by atoms with Gasteiger partial charge in [-0.05, 0) is 24.0 Å². The van der Waals surface area contributed by atoms with E-state index < -0.39 is 59.7 Å². The summed E-state index contributed by atoms with van der Waals surface area (Å²) in [5, 5.41) is 18.1. The van der Waals surface area contributed by atoms with Crippen molar-refractivity contribution < 1.29 is 29.1 Å². The normalized spacial score (nSPS) is 14.4. The molecule has 0 saturated carbocycles. The first-order valence-corrected chi connectivity index (χ1v) is 12.4. The van der Waals surface area contributed by atoms with Crippen LogP contribution in [0.25, 0.3) is 10.9 Å². The summed E-state index contributed by atoms with van der Waals surface area (Å²) in [5.74, 6) is -4.42. The van der Waals surface area contributed by atoms with Crippen LogP contribution in [0.4, 0.5) is 0 Å². The van der Waals surface area contributed by atoms with E-state index in [4.69, 9.17) is 11.5 Å². The van der Waals surface area contributed by atoms with Crippen LogP contribution in [-0.2, 0) is 30.4 Å². The largest absolute Gasteiger partial charge is 0.480 e. The molecule has 37 heavy (non-hydrogen) atoms. The van der Waals surface area contributed by atoms with Gasteiger partial charge in [0, 0.05) is 35.7 Å². The van der Waals surface area contributed by atoms with E-state index in [2.05, 4.69) is 33.6 Å². The minimum atomic E-state index is -1.26. The Morgan fingerprint density at radius 1 is 1.00 bits per heavy atom. The maximum Gasteiger partial charge on any atom is 0.326 e. The van der Waals surface area contributed by atoms with Crippen LogP contribution in [0, 0.1) is 5.92 Å². The highest BCUT2D eigenvalue weighted by molar-refractivity contribution is 7.80. The highest BCUT2D eigenvalue weighted by Gasteiger charge is 2.32. The number of benzene rings is 1. The van der Waals surface area contributed by atoms with Crippen molar-refractivity contribution in [2.45, 2.75) is 57.3 Å². The number of H-pyrrole nitrogens is 1. The highest BCUT2D eigenvalue weighted by atomic mass is 32.1. The lowest BCUT2D eigenvalue weighted by Gasteiger charge is -2.27. The SMILES string of the molecule is CC(C)C(NC(=O)C(CCC(N)=O)NC(=O)C(N)CS)C(=O)NC(Cc1c[nH]c2ccccc12)C(=O)O. The van der Waals surface area contributed by atoms with Gasteiger partial charge >= 0.3 is 5.97 Å². The van der Waals surface area contributed by atoms with Gasteiger partial charge in [-0.25, -0.2) is 4.79 Å². The fraction of sp³-hybridized carbons (Fsp3) is 0.458. The first kappa shape index (κ1) is 29.6. The van der Waals surface area contributed by atoms with Crippen molar-refractivity contribution in [3.8, 4) is 0 Å². The Morgan fingerprint density at radius 3 is 2.24 bits per heavy atom. The summed E-state index contributed by atoms with van der Waals surface area (Å²) in [5.41, 5.74) is 12.4. The van der Waals surface area contributed by atoms with Crippen molar-refractivity contribution in [2.24, 2.45) is 17.4 Å². The number of aliphatic carboxylic acids is 1. The summed E-state index contributed by atoms with van der Waals surface area (Å²) in [6.07, 6.45) is 1.40. The molecule has 4 unspecified atom stereocenters. The van der Waals surface area contributed by atoms with Gasteiger partial charge in [0.05, 0.1) is 6.04 Å². The van der Waals surface area contributed by atoms with Crippen molar-refractivity contribution in [2.75, 3.05) is 5.75 Å². The van der Waals surface area contributed by atoms with Gasteiger partial charge < -0.3 is 37.5 Å². The molecule has 0 spiro atoms. The van der Waals surface area contributed by atoms with Crippen LogP contribution in [0.3, 0.4) is 0 Å². The van der Waals surface area contributed by atoms with Crippen molar-refractivity contribution in [3.05, 3.63) is 36.0 Å². The first-order chi connectivity index (χ1) is 17.4. The number of carbonyl (C=O) groups is 5. The average Bonchev–Trinajstić information content (AvgIpc) is 3.26. The number of aromatic nitrogens is 1. The second-order valence-electron chi connectivity index (χ2n) is 9.05. The van der Waals surface area contributed by atoms with Gasteiger partial charge in [-0.3, -0.25) is 19.2 Å². The number of hydrogen-bond acceptors (Lipinski definition) is 7. The van der Waals surface area contributed by atoms with Gasteiger partial charge in [0.2, 0.25) is 23.6 Å². The molecule has 1 aromatic heterocycles. The van der Waals surface area contributed by atoms with Gasteiger partial charge in [-0.2, -0.15) is 12.6 Å². The number of nitrogens with one attached hydrogen (secondary N) is 4. The molecule has 2 rings (SSSR count). The van der Waals surface area contributed by atoms with Gasteiger partial charge in [-0.1, -0.05) is 32.0 Å². The number of nitrogens with two attached hydrogens (primary N) is 2. The van der Waals surface area contributed by atoms with Crippen LogP contribution in [0.1, 0.15) is 32.3 Å². The number of primary amides is 1. The fourth-order valence-electron chi connectivity index (χ4n) is 3.69. The van der Waals surface area contributed by atoms with Gasteiger partial charge in [-0.15, -0.1) is 0 Å². The zero-order valence-corrected chi connectivity index (χ0v) is 21.6. The number of hydrogen-bond donors (Lipinski definition) is 8. The Balaban J connectivity index is 2.16. The average molecular weight is 535 g/mol. The van der Waals surface area contributed by atoms with Crippen molar-refractivity contribution >= 4 is 53.1 Å². The molecule has 2 aromatic rings. The molecule has 1 aromatic carbocycles. The Kier molecular flexibility index (Phi) is 10.9. The third kappa shape index (κ3) is 8.50. The summed E-state index contributed by atoms with van der Waals surface area (Å²) in [7, 11) is 0. The first-order valence-electron chi connectivity index (χ1n) is 11.8. The molecule has 0 aliphatic rings. The Morgan fingerprint density at radius 2 is 1.65 bits per heavy atom. The third-order valence-corrected chi connectivity index (χ3v) is 6.20. The smallest absolute Gasteiger partial charge is 0.326 e. The van der Waals surface area contributed by atoms with E-state index in [0.717, 1.165) is 10.9 Å². The van der Waals surface area contributed by atoms with Crippen molar-refractivity contribution in [3.63, 3.8) is 0 Å². The van der Waals surface area contributed by atoms with E-state index in [0.29, 0.717) is 5.56 Å². The molecule has 0 aliphatic carbocycles. The molecule has 4 amide bonds. The minimum absolute atomic E-state index is 0.0166. The molecule has 13 heteroatoms. The van der Waals surface area contributed by atoms with Crippen LogP contribution in [0.2, 0.25) is 0 Å². The summed E-state index contributed by atoms with van der Waals surface area (Å²) in [6, 6.07) is 2.81. The molecule has 0 bridgehead atoms. The molecule has 4 atom stereocenters. The predicted octanol–water partition coefficient (Wildman–Crippen LogP) is -0.572. The molecule has 0 radical (unpaired) electrons. The zero-order valence-electron chi connectivity index (χ0n) is 20.7. The van der Waals surface area contributed by atoms with E-state index in [1.54, 1.807) is 20.0 Å². The number of thiol groups is 1. The number of fused-ring (bicyclic) bond motifs is 1. The van der Waals surface area contributed by atoms with E-state index in [-0.39, 0.29) is 25.0 Å². The second kappa shape index (κ2) is 13.7. The maximum absolute atomic E-state index is 13.1. The van der Waals surface area contributed by atoms with Gasteiger partial charge in [0.25, 0.3) is 0 Å². The van der Waals surface area contributed by atoms with Gasteiger partial charge in [0.15, 0.2) is 0 Å². The number of carboxylic acids is 1. The van der Waals surface area contributed by atoms with Crippen LogP contribution in [0.5, 0.6) is 0 Å². The number of carboxylic acid groups (broad SMARTS) is 1. The zero-order chi connectivity index (χ0) is 27.7. The summed E-state index contributed by atoms with van der Waals surface area (Å²) in [6.45, 7) is 3.35. The third-order valence-electron chi connectivity index (χ3n) is 5.81. The van der Waals surface area contributed by atoms with Crippen LogP contribution in [-0.4, -0.2) is 69.6 Å². The minimum Gasteiger partial charge on any atom is -0.480 e. The molecular formula is C24H34N6O6S. The fourth-order valence-corrected chi connectivity index (χ4v) is 3.85. The number of aromatic amines is 1. The van der Waals surface area contributed by atoms with E-state index in [1.165, 1.54) is 0 Å². The lowest BCUT2D eigenvalue weighted by molar-refractivity contribution is -0.142. The highest BCUT2D eigenvalue weighted by Crippen LogP contribution is 2.19. The van der Waals surface area contributed by atoms with Crippen LogP contribution >= 0.6 is 12.6 Å². The topological polar surface area (TPSA) is 209 Å². The number of amides is 4. The quantitative estimate of drug-likeness (QED) is 0.148. The molecule has 0 saturated heterocycles. The summed E-state index contributed by atoms with van der Waals surface area (Å²) < 4.78 is 0. The van der Waals surface area contributed by atoms with E-state index in [1.807, 2.05) is 24.3 Å². The molecular weight excluding hydrogens is 500 g/mol. The van der Waals surface area contributed by atoms with Crippen LogP contribution < -0.4 is 27.4 Å². The predicted molar refractivity (Wildman–Crippen MR) is 141 cm³/mol. The van der Waals surface area contributed by atoms with E-state index >= 15 is 0 Å². The molecule has 0 aliphatic heterocycles. The Bertz CT molecular complexity index is 1140. The number of carbonyl (C=O) groups excluding carboxylic acids is 4. The number of para-hydroxylation sites is 1. The summed E-state index contributed by atoms with van der Waals surface area (Å²) >= 11 is 3.96. The lowest BCUT2D eigenvalue weighted by atomic mass is 10.00. The molecule has 1 heterocycles. The number of rotatable bonds is 14. The molecule has 0 fully saturated rings. The van der Waals surface area contributed by atoms with Gasteiger partial charge in [0.1, 0.15) is 18.1 Å². The molecule has 9 N–H and O–H groups in total. The standard InChI is InChI=1S/C24H34N6O6S/c1-12(2)20(30-22(33)17(7-8-19(26)31)28-21(32)15(25)11-37)23(34)29-18(24(35)36)9-13-10-27-16-6-4-3-5-14(13)16/h3-6,10,12,15,17-18,20,27,37H,7-9,11,25H2,1-2H3,(H2,26,31)(H,28,32)(H,29,34)(H,30,33)(H,35,36).